The fourth-order valence-corrected chi connectivity index (χ4v) is 1.82. The highest BCUT2D eigenvalue weighted by Crippen LogP contribution is 2.20. The number of halogens is 2. The third kappa shape index (κ3) is 2.73. The molecule has 1 amide bonds. The van der Waals surface area contributed by atoms with E-state index in [9.17, 15) is 9.18 Å². The molecular formula is C12H12BrFN2O. The average molecular weight is 299 g/mol. The number of nitrogens with one attached hydrogen (secondary N) is 2. The van der Waals surface area contributed by atoms with Gasteiger partial charge in [0.2, 0.25) is 0 Å². The van der Waals surface area contributed by atoms with E-state index >= 15 is 0 Å². The molecule has 17 heavy (non-hydrogen) atoms. The van der Waals surface area contributed by atoms with Crippen molar-refractivity contribution in [1.29, 1.82) is 0 Å². The lowest BCUT2D eigenvalue weighted by Crippen LogP contribution is -2.36. The van der Waals surface area contributed by atoms with Gasteiger partial charge >= 0.3 is 0 Å². The quantitative estimate of drug-likeness (QED) is 0.824. The minimum Gasteiger partial charge on any atom is -0.320 e. The summed E-state index contributed by atoms with van der Waals surface area (Å²) in [7, 11) is 0. The minimum absolute atomic E-state index is 0.199. The van der Waals surface area contributed by atoms with Gasteiger partial charge in [0.1, 0.15) is 5.82 Å². The van der Waals surface area contributed by atoms with Crippen molar-refractivity contribution in [2.75, 3.05) is 18.4 Å². The molecule has 0 spiro atoms. The van der Waals surface area contributed by atoms with E-state index in [0.29, 0.717) is 10.0 Å². The highest BCUT2D eigenvalue weighted by Gasteiger charge is 2.16. The molecule has 0 unspecified atom stereocenters. The van der Waals surface area contributed by atoms with E-state index in [0.717, 1.165) is 18.7 Å². The number of rotatable bonds is 2. The Balaban J connectivity index is 2.13. The minimum atomic E-state index is -0.447. The zero-order valence-corrected chi connectivity index (χ0v) is 10.9. The van der Waals surface area contributed by atoms with Crippen molar-refractivity contribution in [2.24, 2.45) is 0 Å². The largest absolute Gasteiger partial charge is 0.320 e. The number of hydrogen-bond acceptors (Lipinski definition) is 2. The van der Waals surface area contributed by atoms with Gasteiger partial charge < -0.3 is 10.6 Å². The fraction of sp³-hybridized carbons (Fsp3) is 0.250. The molecular weight excluding hydrogens is 287 g/mol. The van der Waals surface area contributed by atoms with Crippen LogP contribution >= 0.6 is 15.9 Å². The highest BCUT2D eigenvalue weighted by atomic mass is 79.9. The van der Waals surface area contributed by atoms with Crippen molar-refractivity contribution in [3.63, 3.8) is 0 Å². The standard InChI is InChI=1S/C12H12BrFN2O/c1-7(8-5-15-6-8)12(17)16-11-3-2-9(13)4-10(11)14/h2-4,15H,5-6H2,1H3,(H,16,17). The Morgan fingerprint density at radius 3 is 2.71 bits per heavy atom. The Labute approximate surface area is 107 Å². The maximum absolute atomic E-state index is 13.5. The molecule has 1 fully saturated rings. The van der Waals surface area contributed by atoms with Gasteiger partial charge in [-0.3, -0.25) is 4.79 Å². The highest BCUT2D eigenvalue weighted by molar-refractivity contribution is 9.10. The molecule has 2 N–H and O–H groups in total. The number of amides is 1. The summed E-state index contributed by atoms with van der Waals surface area (Å²) in [6.45, 7) is 3.23. The van der Waals surface area contributed by atoms with E-state index in [1.54, 1.807) is 13.0 Å². The van der Waals surface area contributed by atoms with E-state index in [4.69, 9.17) is 0 Å². The molecule has 1 aromatic rings. The van der Waals surface area contributed by atoms with Gasteiger partial charge in [-0.05, 0) is 30.7 Å². The maximum atomic E-state index is 13.5. The van der Waals surface area contributed by atoms with Gasteiger partial charge in [0.05, 0.1) is 5.69 Å². The van der Waals surface area contributed by atoms with Crippen LogP contribution in [0, 0.1) is 5.82 Å². The summed E-state index contributed by atoms with van der Waals surface area (Å²) >= 11 is 3.16. The molecule has 90 valence electrons. The predicted molar refractivity (Wildman–Crippen MR) is 68.3 cm³/mol. The lowest BCUT2D eigenvalue weighted by molar-refractivity contribution is -0.112. The monoisotopic (exact) mass is 298 g/mol. The SMILES string of the molecule is CC(C(=O)Nc1ccc(Br)cc1F)=C1CNC1. The van der Waals surface area contributed by atoms with Gasteiger partial charge in [-0.25, -0.2) is 4.39 Å². The van der Waals surface area contributed by atoms with E-state index in [-0.39, 0.29) is 11.6 Å². The summed E-state index contributed by atoms with van der Waals surface area (Å²) in [5.74, 6) is -0.694. The molecule has 1 aliphatic heterocycles. The second kappa shape index (κ2) is 4.98. The lowest BCUT2D eigenvalue weighted by Gasteiger charge is -2.21. The predicted octanol–water partition coefficient (Wildman–Crippen LogP) is 2.45. The van der Waals surface area contributed by atoms with Gasteiger partial charge in [-0.1, -0.05) is 15.9 Å². The van der Waals surface area contributed by atoms with Crippen LogP contribution in [0.25, 0.3) is 0 Å². The van der Waals surface area contributed by atoms with Crippen LogP contribution in [0.5, 0.6) is 0 Å². The van der Waals surface area contributed by atoms with Crippen LogP contribution in [-0.4, -0.2) is 19.0 Å². The zero-order valence-electron chi connectivity index (χ0n) is 9.31. The summed E-state index contributed by atoms with van der Waals surface area (Å²) in [5.41, 5.74) is 1.93. The van der Waals surface area contributed by atoms with Crippen LogP contribution in [0.3, 0.4) is 0 Å². The number of carbonyl (C=O) groups is 1. The second-order valence-corrected chi connectivity index (χ2v) is 4.83. The first-order chi connectivity index (χ1) is 8.08. The molecule has 0 saturated carbocycles. The van der Waals surface area contributed by atoms with Crippen molar-refractivity contribution >= 4 is 27.5 Å². The molecule has 3 nitrogen and oxygen atoms in total. The first-order valence-electron chi connectivity index (χ1n) is 5.23. The molecule has 5 heteroatoms. The normalized spacial score (nSPS) is 14.2. The summed E-state index contributed by atoms with van der Waals surface area (Å²) < 4.78 is 14.1. The fourth-order valence-electron chi connectivity index (χ4n) is 1.48. The Morgan fingerprint density at radius 1 is 1.47 bits per heavy atom. The molecule has 1 aliphatic rings. The van der Waals surface area contributed by atoms with Crippen molar-refractivity contribution < 1.29 is 9.18 Å². The first kappa shape index (κ1) is 12.3. The number of benzene rings is 1. The van der Waals surface area contributed by atoms with Crippen LogP contribution in [0.2, 0.25) is 0 Å². The summed E-state index contributed by atoms with van der Waals surface area (Å²) in [5, 5.41) is 5.63. The topological polar surface area (TPSA) is 41.1 Å². The smallest absolute Gasteiger partial charge is 0.251 e. The zero-order chi connectivity index (χ0) is 12.4. The molecule has 0 radical (unpaired) electrons. The van der Waals surface area contributed by atoms with Crippen LogP contribution in [0.15, 0.2) is 33.8 Å². The average Bonchev–Trinajstić information content (AvgIpc) is 2.19. The molecule has 2 rings (SSSR count). The Kier molecular flexibility index (Phi) is 3.59. The van der Waals surface area contributed by atoms with E-state index in [1.165, 1.54) is 12.1 Å². The molecule has 1 aromatic carbocycles. The number of hydrogen-bond donors (Lipinski definition) is 2. The van der Waals surface area contributed by atoms with Crippen molar-refractivity contribution in [3.05, 3.63) is 39.6 Å². The van der Waals surface area contributed by atoms with Crippen molar-refractivity contribution in [3.8, 4) is 0 Å². The number of carbonyl (C=O) groups excluding carboxylic acids is 1. The van der Waals surface area contributed by atoms with Crippen molar-refractivity contribution in [2.45, 2.75) is 6.92 Å². The third-order valence-electron chi connectivity index (χ3n) is 2.73. The van der Waals surface area contributed by atoms with Gasteiger partial charge in [-0.15, -0.1) is 0 Å². The van der Waals surface area contributed by atoms with Crippen molar-refractivity contribution in [1.82, 2.24) is 5.32 Å². The molecule has 0 aliphatic carbocycles. The second-order valence-electron chi connectivity index (χ2n) is 3.91. The van der Waals surface area contributed by atoms with Crippen LogP contribution in [-0.2, 0) is 4.79 Å². The summed E-state index contributed by atoms with van der Waals surface area (Å²) in [4.78, 5) is 11.8. The van der Waals surface area contributed by atoms with E-state index in [2.05, 4.69) is 26.6 Å². The summed E-state index contributed by atoms with van der Waals surface area (Å²) in [6, 6.07) is 4.54. The first-order valence-corrected chi connectivity index (χ1v) is 6.03. The van der Waals surface area contributed by atoms with Gasteiger partial charge in [0.15, 0.2) is 0 Å². The third-order valence-corrected chi connectivity index (χ3v) is 3.22. The lowest BCUT2D eigenvalue weighted by atomic mass is 10.0. The van der Waals surface area contributed by atoms with E-state index in [1.807, 2.05) is 0 Å². The van der Waals surface area contributed by atoms with Gasteiger partial charge in [0, 0.05) is 23.1 Å². The Morgan fingerprint density at radius 2 is 2.18 bits per heavy atom. The maximum Gasteiger partial charge on any atom is 0.251 e. The molecule has 1 saturated heterocycles. The van der Waals surface area contributed by atoms with Crippen LogP contribution in [0.1, 0.15) is 6.92 Å². The molecule has 0 bridgehead atoms. The molecule has 0 aromatic heterocycles. The van der Waals surface area contributed by atoms with Gasteiger partial charge in [0.25, 0.3) is 5.91 Å². The van der Waals surface area contributed by atoms with E-state index < -0.39 is 5.82 Å². The Bertz CT molecular complexity index is 493. The summed E-state index contributed by atoms with van der Waals surface area (Å²) in [6.07, 6.45) is 0. The molecule has 0 atom stereocenters. The van der Waals surface area contributed by atoms with Crippen LogP contribution < -0.4 is 10.6 Å². The van der Waals surface area contributed by atoms with Crippen LogP contribution in [0.4, 0.5) is 10.1 Å². The number of anilines is 1. The molecule has 1 heterocycles. The Hall–Kier alpha value is -1.20. The van der Waals surface area contributed by atoms with Gasteiger partial charge in [-0.2, -0.15) is 0 Å².